The minimum Gasteiger partial charge on any atom is -0.289 e. The quantitative estimate of drug-likeness (QED) is 0.233. The van der Waals surface area contributed by atoms with Crippen LogP contribution in [0.5, 0.6) is 0 Å². The maximum Gasteiger partial charge on any atom is 0.195 e. The Morgan fingerprint density at radius 1 is 0.688 bits per heavy atom. The van der Waals surface area contributed by atoms with Crippen molar-refractivity contribution >= 4 is 43.3 Å². The highest BCUT2D eigenvalue weighted by molar-refractivity contribution is 7.99. The maximum atomic E-state index is 12.1. The largest absolute Gasteiger partial charge is 0.289 e. The Balaban J connectivity index is 0.000000136. The van der Waals surface area contributed by atoms with E-state index in [4.69, 9.17) is 0 Å². The molecule has 1 aromatic heterocycles. The highest BCUT2D eigenvalue weighted by Gasteiger charge is 2.16. The van der Waals surface area contributed by atoms with E-state index in [0.29, 0.717) is 5.92 Å². The fraction of sp³-hybridized carbons (Fsp3) is 0.138. The molecule has 0 unspecified atom stereocenters. The number of rotatable bonds is 1. The van der Waals surface area contributed by atoms with Crippen molar-refractivity contribution in [2.75, 3.05) is 0 Å². The lowest BCUT2D eigenvalue weighted by atomic mass is 9.97. The second-order valence-corrected chi connectivity index (χ2v) is 10.5. The first-order valence-corrected chi connectivity index (χ1v) is 12.5. The zero-order chi connectivity index (χ0) is 22.1. The second kappa shape index (κ2) is 8.93. The average molecular weight is 453 g/mol. The number of benzene rings is 4. The van der Waals surface area contributed by atoms with Gasteiger partial charge in [-0.15, -0.1) is 11.3 Å². The molecule has 6 rings (SSSR count). The SMILES string of the molecule is CC(C)c1ccc2c(c1)Cc1ccccc1S2.O=c1c2ccccc2sc2ccccc12. The monoisotopic (exact) mass is 452 g/mol. The van der Waals surface area contributed by atoms with Gasteiger partial charge < -0.3 is 0 Å². The normalized spacial score (nSPS) is 12.2. The topological polar surface area (TPSA) is 17.1 Å². The van der Waals surface area contributed by atoms with Crippen LogP contribution in [0.1, 0.15) is 36.5 Å². The van der Waals surface area contributed by atoms with Gasteiger partial charge in [0.25, 0.3) is 0 Å². The summed E-state index contributed by atoms with van der Waals surface area (Å²) < 4.78 is 2.11. The van der Waals surface area contributed by atoms with Gasteiger partial charge in [0, 0.05) is 30.0 Å². The van der Waals surface area contributed by atoms with Gasteiger partial charge in [0.2, 0.25) is 0 Å². The molecule has 0 atom stereocenters. The molecular weight excluding hydrogens is 428 g/mol. The van der Waals surface area contributed by atoms with E-state index in [9.17, 15) is 4.79 Å². The van der Waals surface area contributed by atoms with Crippen molar-refractivity contribution in [1.82, 2.24) is 0 Å². The van der Waals surface area contributed by atoms with Crippen molar-refractivity contribution in [2.24, 2.45) is 0 Å². The van der Waals surface area contributed by atoms with E-state index in [1.165, 1.54) is 26.5 Å². The molecule has 1 aliphatic rings. The Labute approximate surface area is 196 Å². The van der Waals surface area contributed by atoms with E-state index in [1.54, 1.807) is 11.3 Å². The van der Waals surface area contributed by atoms with Crippen molar-refractivity contribution in [3.63, 3.8) is 0 Å². The third-order valence-corrected chi connectivity index (χ3v) is 8.20. The van der Waals surface area contributed by atoms with Gasteiger partial charge in [0.05, 0.1) is 0 Å². The summed E-state index contributed by atoms with van der Waals surface area (Å²) in [6, 6.07) is 31.2. The van der Waals surface area contributed by atoms with Gasteiger partial charge in [-0.05, 0) is 65.4 Å². The van der Waals surface area contributed by atoms with Crippen molar-refractivity contribution in [1.29, 1.82) is 0 Å². The van der Waals surface area contributed by atoms with E-state index < -0.39 is 0 Å². The van der Waals surface area contributed by atoms with E-state index in [1.807, 2.05) is 60.3 Å². The van der Waals surface area contributed by atoms with Gasteiger partial charge in [-0.3, -0.25) is 4.79 Å². The maximum absolute atomic E-state index is 12.1. The van der Waals surface area contributed by atoms with Crippen LogP contribution < -0.4 is 5.43 Å². The molecule has 1 nitrogen and oxygen atoms in total. The molecule has 0 fully saturated rings. The predicted molar refractivity (Wildman–Crippen MR) is 140 cm³/mol. The highest BCUT2D eigenvalue weighted by Crippen LogP contribution is 2.40. The summed E-state index contributed by atoms with van der Waals surface area (Å²) in [6.07, 6.45) is 1.08. The first-order chi connectivity index (χ1) is 15.6. The van der Waals surface area contributed by atoms with Crippen LogP contribution >= 0.6 is 23.1 Å². The Kier molecular flexibility index (Phi) is 5.86. The van der Waals surface area contributed by atoms with Crippen LogP contribution in [0.3, 0.4) is 0 Å². The van der Waals surface area contributed by atoms with E-state index in [0.717, 1.165) is 26.6 Å². The number of fused-ring (bicyclic) bond motifs is 4. The van der Waals surface area contributed by atoms with Gasteiger partial charge in [0.15, 0.2) is 5.43 Å². The molecule has 4 aromatic carbocycles. The van der Waals surface area contributed by atoms with Crippen molar-refractivity contribution in [3.8, 4) is 0 Å². The minimum absolute atomic E-state index is 0.139. The minimum atomic E-state index is 0.139. The Bertz CT molecular complexity index is 1420. The van der Waals surface area contributed by atoms with Crippen LogP contribution in [-0.2, 0) is 6.42 Å². The van der Waals surface area contributed by atoms with E-state index in [-0.39, 0.29) is 5.43 Å². The second-order valence-electron chi connectivity index (χ2n) is 8.33. The molecule has 32 heavy (non-hydrogen) atoms. The summed E-state index contributed by atoms with van der Waals surface area (Å²) in [5, 5.41) is 1.64. The molecule has 0 radical (unpaired) electrons. The van der Waals surface area contributed by atoms with Crippen molar-refractivity contribution in [2.45, 2.75) is 36.0 Å². The Morgan fingerprint density at radius 3 is 1.97 bits per heavy atom. The lowest BCUT2D eigenvalue weighted by Crippen LogP contribution is -2.00. The molecule has 0 spiro atoms. The van der Waals surface area contributed by atoms with Crippen LogP contribution in [0.25, 0.3) is 20.2 Å². The fourth-order valence-corrected chi connectivity index (χ4v) is 6.14. The summed E-state index contributed by atoms with van der Waals surface area (Å²) in [4.78, 5) is 14.9. The number of hydrogen-bond donors (Lipinski definition) is 0. The summed E-state index contributed by atoms with van der Waals surface area (Å²) in [7, 11) is 0. The summed E-state index contributed by atoms with van der Waals surface area (Å²) >= 11 is 3.57. The van der Waals surface area contributed by atoms with Gasteiger partial charge in [-0.1, -0.05) is 80.2 Å². The van der Waals surface area contributed by atoms with E-state index >= 15 is 0 Å². The molecule has 1 aliphatic heterocycles. The van der Waals surface area contributed by atoms with Gasteiger partial charge >= 0.3 is 0 Å². The molecule has 3 heteroatoms. The number of hydrogen-bond acceptors (Lipinski definition) is 3. The smallest absolute Gasteiger partial charge is 0.195 e. The third-order valence-electron chi connectivity index (χ3n) is 5.81. The average Bonchev–Trinajstić information content (AvgIpc) is 2.83. The van der Waals surface area contributed by atoms with Crippen molar-refractivity contribution < 1.29 is 0 Å². The van der Waals surface area contributed by atoms with Crippen molar-refractivity contribution in [3.05, 3.63) is 118 Å². The standard InChI is InChI=1S/C16H16S.C13H8OS/c1-11(2)12-7-8-16-14(9-12)10-13-5-3-4-6-15(13)17-16;14-13-9-5-1-3-7-11(9)15-12-8-4-2-6-10(12)13/h3-9,11H,10H2,1-2H3;1-8H. The zero-order valence-electron chi connectivity index (χ0n) is 18.2. The van der Waals surface area contributed by atoms with Crippen LogP contribution in [0.15, 0.2) is 106 Å². The molecule has 0 N–H and O–H groups in total. The predicted octanol–water partition coefficient (Wildman–Crippen LogP) is 8.28. The van der Waals surface area contributed by atoms with Crippen LogP contribution in [0, 0.1) is 0 Å². The summed E-state index contributed by atoms with van der Waals surface area (Å²) in [6.45, 7) is 4.51. The zero-order valence-corrected chi connectivity index (χ0v) is 19.8. The summed E-state index contributed by atoms with van der Waals surface area (Å²) in [5.74, 6) is 0.613. The molecule has 0 saturated heterocycles. The molecule has 0 amide bonds. The lowest BCUT2D eigenvalue weighted by molar-refractivity contribution is 0.858. The molecule has 5 aromatic rings. The molecule has 158 valence electrons. The first kappa shape index (κ1) is 21.0. The van der Waals surface area contributed by atoms with Gasteiger partial charge in [-0.2, -0.15) is 0 Å². The first-order valence-electron chi connectivity index (χ1n) is 10.9. The summed E-state index contributed by atoms with van der Waals surface area (Å²) in [5.41, 5.74) is 4.54. The lowest BCUT2D eigenvalue weighted by Gasteiger charge is -2.20. The molecule has 2 heterocycles. The fourth-order valence-electron chi connectivity index (χ4n) is 4.02. The van der Waals surface area contributed by atoms with Crippen LogP contribution in [-0.4, -0.2) is 0 Å². The van der Waals surface area contributed by atoms with Gasteiger partial charge in [-0.25, -0.2) is 0 Å². The molecule has 0 aliphatic carbocycles. The third kappa shape index (κ3) is 4.11. The highest BCUT2D eigenvalue weighted by atomic mass is 32.2. The van der Waals surface area contributed by atoms with Gasteiger partial charge in [0.1, 0.15) is 0 Å². The Hall–Kier alpha value is -2.88. The molecule has 0 saturated carbocycles. The van der Waals surface area contributed by atoms with Crippen LogP contribution in [0.2, 0.25) is 0 Å². The molecule has 0 bridgehead atoms. The van der Waals surface area contributed by atoms with Crippen LogP contribution in [0.4, 0.5) is 0 Å². The van der Waals surface area contributed by atoms with E-state index in [2.05, 4.69) is 56.3 Å². The Morgan fingerprint density at radius 2 is 1.28 bits per heavy atom. The molecular formula is C29H24OS2.